The second kappa shape index (κ2) is 10.3. The fraction of sp³-hybridized carbons (Fsp3) is 0.381. The van der Waals surface area contributed by atoms with Gasteiger partial charge in [-0.3, -0.25) is 0 Å². The highest BCUT2D eigenvalue weighted by Gasteiger charge is 2.25. The van der Waals surface area contributed by atoms with Crippen molar-refractivity contribution in [2.75, 3.05) is 51.4 Å². The first-order chi connectivity index (χ1) is 15.3. The van der Waals surface area contributed by atoms with Gasteiger partial charge in [0.1, 0.15) is 33.8 Å². The normalized spacial score (nSPS) is 11.1. The summed E-state index contributed by atoms with van der Waals surface area (Å²) >= 11 is 1.07. The lowest BCUT2D eigenvalue weighted by Crippen LogP contribution is -2.18. The molecule has 0 atom stereocenters. The number of aromatic nitrogens is 1. The van der Waals surface area contributed by atoms with Gasteiger partial charge in [0.2, 0.25) is 5.06 Å². The van der Waals surface area contributed by atoms with Crippen molar-refractivity contribution in [1.82, 2.24) is 9.88 Å². The number of likely N-dealkylation sites (N-methyl/N-ethyl adjacent to an activating group) is 1. The van der Waals surface area contributed by atoms with E-state index in [1.807, 2.05) is 21.0 Å². The molecular formula is C21H26N6O4S. The summed E-state index contributed by atoms with van der Waals surface area (Å²) in [5, 5.41) is 13.8. The van der Waals surface area contributed by atoms with Crippen molar-refractivity contribution in [2.24, 2.45) is 5.73 Å². The molecule has 3 heterocycles. The first-order valence-corrected chi connectivity index (χ1v) is 10.8. The Morgan fingerprint density at radius 1 is 1.38 bits per heavy atom. The van der Waals surface area contributed by atoms with Crippen LogP contribution in [0.1, 0.15) is 17.7 Å². The van der Waals surface area contributed by atoms with E-state index in [9.17, 15) is 10.1 Å². The molecule has 0 spiro atoms. The van der Waals surface area contributed by atoms with Crippen LogP contribution in [0.2, 0.25) is 0 Å². The Balaban J connectivity index is 1.93. The summed E-state index contributed by atoms with van der Waals surface area (Å²) in [5.41, 5.74) is 12.4. The number of nitrogens with one attached hydrogen (secondary N) is 1. The maximum atomic E-state index is 11.3. The Hall–Kier alpha value is -3.33. The summed E-state index contributed by atoms with van der Waals surface area (Å²) in [7, 11) is 3.98. The number of nitrogens with zero attached hydrogens (tertiary/aromatic N) is 3. The first kappa shape index (κ1) is 23.3. The topological polar surface area (TPSA) is 153 Å². The highest BCUT2D eigenvalue weighted by atomic mass is 32.1. The lowest BCUT2D eigenvalue weighted by atomic mass is 10.0. The number of ether oxygens (including phenoxy) is 2. The van der Waals surface area contributed by atoms with Gasteiger partial charge in [0.15, 0.2) is 0 Å². The van der Waals surface area contributed by atoms with Crippen LogP contribution in [0.25, 0.3) is 21.5 Å². The van der Waals surface area contributed by atoms with Crippen LogP contribution in [0.5, 0.6) is 5.06 Å². The van der Waals surface area contributed by atoms with Gasteiger partial charge >= 0.3 is 6.09 Å². The summed E-state index contributed by atoms with van der Waals surface area (Å²) in [4.78, 5) is 18.4. The Labute approximate surface area is 189 Å². The number of fused-ring (bicyclic) bond motifs is 1. The van der Waals surface area contributed by atoms with E-state index < -0.39 is 6.09 Å². The number of furan rings is 1. The van der Waals surface area contributed by atoms with E-state index in [1.165, 1.54) is 0 Å². The predicted molar refractivity (Wildman–Crippen MR) is 124 cm³/mol. The van der Waals surface area contributed by atoms with Crippen LogP contribution >= 0.6 is 11.3 Å². The third-order valence-electron chi connectivity index (χ3n) is 4.58. The maximum absolute atomic E-state index is 11.3. The van der Waals surface area contributed by atoms with E-state index >= 15 is 0 Å². The molecule has 0 bridgehead atoms. The molecule has 170 valence electrons. The molecule has 0 unspecified atom stereocenters. The number of primary amides is 1. The molecule has 0 aliphatic carbocycles. The molecule has 0 saturated heterocycles. The minimum absolute atomic E-state index is 0.125. The van der Waals surface area contributed by atoms with Crippen molar-refractivity contribution in [3.05, 3.63) is 23.5 Å². The predicted octanol–water partition coefficient (Wildman–Crippen LogP) is 3.16. The van der Waals surface area contributed by atoms with Gasteiger partial charge in [0.25, 0.3) is 0 Å². The van der Waals surface area contributed by atoms with E-state index in [0.717, 1.165) is 24.3 Å². The second-order valence-electron chi connectivity index (χ2n) is 7.33. The number of thiophene rings is 1. The minimum Gasteiger partial charge on any atom is -0.461 e. The van der Waals surface area contributed by atoms with Crippen LogP contribution in [-0.4, -0.2) is 56.4 Å². The van der Waals surface area contributed by atoms with Crippen molar-refractivity contribution in [3.8, 4) is 22.5 Å². The fourth-order valence-electron chi connectivity index (χ4n) is 3.08. The van der Waals surface area contributed by atoms with Gasteiger partial charge < -0.3 is 35.6 Å². The average Bonchev–Trinajstić information content (AvgIpc) is 3.29. The molecule has 11 heteroatoms. The Morgan fingerprint density at radius 3 is 2.78 bits per heavy atom. The minimum atomic E-state index is -0.980. The number of nitriles is 1. The van der Waals surface area contributed by atoms with E-state index in [-0.39, 0.29) is 16.3 Å². The van der Waals surface area contributed by atoms with Crippen LogP contribution in [0, 0.1) is 18.3 Å². The third-order valence-corrected chi connectivity index (χ3v) is 5.55. The van der Waals surface area contributed by atoms with E-state index in [0.29, 0.717) is 52.9 Å². The molecule has 3 aromatic heterocycles. The maximum Gasteiger partial charge on any atom is 0.410 e. The lowest BCUT2D eigenvalue weighted by molar-refractivity contribution is 0.117. The number of nitrogen functional groups attached to an aromatic ring is 1. The zero-order chi connectivity index (χ0) is 23.3. The molecule has 3 aromatic rings. The number of anilines is 2. The van der Waals surface area contributed by atoms with Crippen LogP contribution < -0.4 is 21.5 Å². The van der Waals surface area contributed by atoms with Crippen LogP contribution in [0.4, 0.5) is 16.3 Å². The van der Waals surface area contributed by atoms with E-state index in [4.69, 9.17) is 25.4 Å². The van der Waals surface area contributed by atoms with Crippen LogP contribution in [0.3, 0.4) is 0 Å². The van der Waals surface area contributed by atoms with Gasteiger partial charge in [0, 0.05) is 19.7 Å². The summed E-state index contributed by atoms with van der Waals surface area (Å²) in [6, 6.07) is 5.77. The zero-order valence-electron chi connectivity index (χ0n) is 18.2. The van der Waals surface area contributed by atoms with E-state index in [2.05, 4.69) is 21.3 Å². The Morgan fingerprint density at radius 2 is 2.16 bits per heavy atom. The summed E-state index contributed by atoms with van der Waals surface area (Å²) in [6.45, 7) is 4.45. The number of carbonyl (C=O) groups is 1. The average molecular weight is 459 g/mol. The number of hydrogen-bond acceptors (Lipinski definition) is 10. The number of amides is 1. The summed E-state index contributed by atoms with van der Waals surface area (Å²) in [5.74, 6) is 1.54. The number of aryl methyl sites for hydroxylation is 1. The SMILES string of the molecule is Cc1ccc(-c2c(C#N)c(NCCCOCCN(C)C)nc3sc(OC(N)=O)c(N)c23)o1. The summed E-state index contributed by atoms with van der Waals surface area (Å²) in [6.07, 6.45) is -0.248. The molecule has 10 nitrogen and oxygen atoms in total. The number of carbonyl (C=O) groups excluding carboxylic acids is 1. The molecular weight excluding hydrogens is 432 g/mol. The molecule has 0 saturated carbocycles. The van der Waals surface area contributed by atoms with Gasteiger partial charge in [-0.05, 0) is 39.6 Å². The van der Waals surface area contributed by atoms with Crippen molar-refractivity contribution in [3.63, 3.8) is 0 Å². The molecule has 5 N–H and O–H groups in total. The molecule has 3 rings (SSSR count). The molecule has 1 amide bonds. The molecule has 0 aliphatic heterocycles. The molecule has 32 heavy (non-hydrogen) atoms. The number of nitrogens with two attached hydrogens (primary N) is 2. The zero-order valence-corrected chi connectivity index (χ0v) is 19.0. The summed E-state index contributed by atoms with van der Waals surface area (Å²) < 4.78 is 16.4. The molecule has 0 aromatic carbocycles. The van der Waals surface area contributed by atoms with Gasteiger partial charge in [-0.15, -0.1) is 0 Å². The number of hydrogen-bond donors (Lipinski definition) is 3. The third kappa shape index (κ3) is 5.28. The van der Waals surface area contributed by atoms with Crippen LogP contribution in [0.15, 0.2) is 16.5 Å². The molecule has 0 fully saturated rings. The largest absolute Gasteiger partial charge is 0.461 e. The van der Waals surface area contributed by atoms with Gasteiger partial charge in [-0.2, -0.15) is 5.26 Å². The van der Waals surface area contributed by atoms with Gasteiger partial charge in [-0.1, -0.05) is 11.3 Å². The Bertz CT molecular complexity index is 1150. The molecule has 0 aliphatic rings. The van der Waals surface area contributed by atoms with Crippen molar-refractivity contribution in [2.45, 2.75) is 13.3 Å². The van der Waals surface area contributed by atoms with Crippen LogP contribution in [-0.2, 0) is 4.74 Å². The standard InChI is InChI=1S/C21H26N6O4S/c1-12-5-6-14(30-12)15-13(11-22)18(25-7-4-9-29-10-8-27(2)3)26-19-16(15)17(23)20(32-19)31-21(24)28/h5-6H,4,7-10,23H2,1-3H3,(H2,24,28)(H,25,26). The van der Waals surface area contributed by atoms with Crippen molar-refractivity contribution >= 4 is 39.2 Å². The van der Waals surface area contributed by atoms with Gasteiger partial charge in [0.05, 0.1) is 23.2 Å². The monoisotopic (exact) mass is 458 g/mol. The molecule has 0 radical (unpaired) electrons. The number of pyridine rings is 1. The lowest BCUT2D eigenvalue weighted by Gasteiger charge is -2.12. The number of rotatable bonds is 10. The Kier molecular flexibility index (Phi) is 7.53. The first-order valence-electron chi connectivity index (χ1n) is 9.98. The quantitative estimate of drug-likeness (QED) is 0.389. The van der Waals surface area contributed by atoms with E-state index in [1.54, 1.807) is 12.1 Å². The van der Waals surface area contributed by atoms with Crippen molar-refractivity contribution in [1.29, 1.82) is 5.26 Å². The highest BCUT2D eigenvalue weighted by molar-refractivity contribution is 7.21. The van der Waals surface area contributed by atoms with Crippen molar-refractivity contribution < 1.29 is 18.7 Å². The fourth-order valence-corrected chi connectivity index (χ4v) is 4.04. The second-order valence-corrected chi connectivity index (χ2v) is 8.29. The smallest absolute Gasteiger partial charge is 0.410 e. The van der Waals surface area contributed by atoms with Gasteiger partial charge in [-0.25, -0.2) is 9.78 Å². The highest BCUT2D eigenvalue weighted by Crippen LogP contribution is 2.46.